The van der Waals surface area contributed by atoms with Crippen LogP contribution < -0.4 is 0 Å². The van der Waals surface area contributed by atoms with Crippen LogP contribution in [0.5, 0.6) is 0 Å². The molecule has 4 aromatic carbocycles. The quantitative estimate of drug-likeness (QED) is 0.0389. The van der Waals surface area contributed by atoms with Gasteiger partial charge in [0.05, 0.1) is 65.8 Å². The molecule has 0 spiro atoms. The second kappa shape index (κ2) is 39.6. The molecule has 0 aliphatic carbocycles. The average Bonchev–Trinajstić information content (AvgIpc) is 0.847. The van der Waals surface area contributed by atoms with Crippen LogP contribution in [0.4, 0.5) is 0 Å². The summed E-state index contributed by atoms with van der Waals surface area (Å²) in [5.41, 5.74) is 3.94. The molecular formula is C78H110O43S4. The Bertz CT molecular complexity index is 4810. The van der Waals surface area contributed by atoms with Crippen LogP contribution in [-0.2, 0) is 124 Å². The summed E-state index contributed by atoms with van der Waals surface area (Å²) in [5.74, 6) is 0. The zero-order valence-electron chi connectivity index (χ0n) is 69.6. The van der Waals surface area contributed by atoms with E-state index in [9.17, 15) is 120 Å². The Labute approximate surface area is 719 Å². The van der Waals surface area contributed by atoms with Crippen molar-refractivity contribution in [1.29, 1.82) is 0 Å². The van der Waals surface area contributed by atoms with Crippen LogP contribution in [0, 0.1) is 83.1 Å². The minimum atomic E-state index is -4.99. The first kappa shape index (κ1) is 99.3. The van der Waals surface area contributed by atoms with E-state index >= 15 is 0 Å². The molecular weight excluding hydrogens is 1750 g/mol. The lowest BCUT2D eigenvalue weighted by Crippen LogP contribution is -2.68. The van der Waals surface area contributed by atoms with Crippen LogP contribution in [0.25, 0.3) is 0 Å². The van der Waals surface area contributed by atoms with Crippen molar-refractivity contribution in [2.75, 3.05) is 46.2 Å². The number of aliphatic hydroxyl groups excluding tert-OH is 17. The molecule has 0 saturated carbocycles. The van der Waals surface area contributed by atoms with Crippen molar-refractivity contribution in [1.82, 2.24) is 0 Å². The van der Waals surface area contributed by atoms with E-state index in [4.69, 9.17) is 83.0 Å². The van der Waals surface area contributed by atoms with E-state index in [-0.39, 0.29) is 64.1 Å². The maximum atomic E-state index is 14.5. The number of aliphatic hydroxyl groups is 17. The van der Waals surface area contributed by atoms with Crippen LogP contribution >= 0.6 is 0 Å². The van der Waals surface area contributed by atoms with Crippen molar-refractivity contribution >= 4 is 40.5 Å². The van der Waals surface area contributed by atoms with E-state index < -0.39 is 302 Å². The zero-order valence-corrected chi connectivity index (χ0v) is 72.9. The van der Waals surface area contributed by atoms with E-state index in [0.717, 1.165) is 0 Å². The first-order valence-electron chi connectivity index (χ1n) is 39.9. The van der Waals surface area contributed by atoms with Crippen molar-refractivity contribution in [2.45, 2.75) is 318 Å². The molecule has 0 amide bonds. The predicted molar refractivity (Wildman–Crippen MR) is 415 cm³/mol. The van der Waals surface area contributed by atoms with E-state index in [0.29, 0.717) is 22.3 Å². The molecule has 704 valence electrons. The molecule has 14 bridgehead atoms. The molecule has 4 aromatic rings. The van der Waals surface area contributed by atoms with Gasteiger partial charge in [-0.3, -0.25) is 16.7 Å². The summed E-state index contributed by atoms with van der Waals surface area (Å²) >= 11 is 0. The van der Waals surface area contributed by atoms with E-state index in [2.05, 4.69) is 0 Å². The second-order valence-electron chi connectivity index (χ2n) is 32.8. The van der Waals surface area contributed by atoms with Crippen LogP contribution in [-0.4, -0.2) is 382 Å². The van der Waals surface area contributed by atoms with Crippen LogP contribution in [0.2, 0.25) is 0 Å². The SMILES string of the molecule is Cc1cc(C)c(S(=O)(=O)OC[C@H]2O[C@@H]3O[C@H]4[C@H](O)[C@@H](O)[C@@H](O[C@H]5[C@H](O)[C@@H](O)[C@@H](O[C@H]6[C@H](O)[C@@H](O)[C@@H](O[C@H]7[C@H](O)[C@@H](O)[C@@H](O[C@H]8[C@H](O)[C@@H](O)[C@@H](O[C@H]9[C@H](O)[C@@H](O)[C@@H](O[C@H]2[C@H](O)[C@H]3O)O[C@@H]9CO)O[C@@H]8COS(=O)(=O)c2c(C)cc(C)cc2C)O[C@@H]7COS(=O)(=O)c2c(C)cc(C)cc2C)O[C@@H]6COS(=O)(=O)c2c(C)cc(C)cc2C)O[C@@H]5CO)O[C@@H]4CO)c(C)c1. The molecule has 125 heavy (non-hydrogen) atoms. The van der Waals surface area contributed by atoms with Crippen molar-refractivity contribution in [3.8, 4) is 0 Å². The molecule has 43 nitrogen and oxygen atoms in total. The largest absolute Gasteiger partial charge is 0.394 e. The van der Waals surface area contributed by atoms with Gasteiger partial charge in [0.1, 0.15) is 171 Å². The number of hydrogen-bond donors (Lipinski definition) is 17. The van der Waals surface area contributed by atoms with E-state index in [1.165, 1.54) is 104 Å². The molecule has 0 unspecified atom stereocenters. The van der Waals surface area contributed by atoms with E-state index in [1.54, 1.807) is 27.7 Å². The fraction of sp³-hybridized carbons (Fsp3) is 0.692. The Morgan fingerprint density at radius 1 is 0.216 bits per heavy atom. The maximum Gasteiger partial charge on any atom is 0.297 e. The van der Waals surface area contributed by atoms with Crippen LogP contribution in [0.3, 0.4) is 0 Å². The van der Waals surface area contributed by atoms with Crippen molar-refractivity contribution in [3.63, 3.8) is 0 Å². The Morgan fingerprint density at radius 2 is 0.344 bits per heavy atom. The highest BCUT2D eigenvalue weighted by atomic mass is 32.2. The normalized spacial score (nSPS) is 39.2. The summed E-state index contributed by atoms with van der Waals surface area (Å²) < 4.78 is 222. The number of aryl methyl sites for hydroxylation is 12. The minimum Gasteiger partial charge on any atom is -0.394 e. The highest BCUT2D eigenvalue weighted by Gasteiger charge is 2.61. The Hall–Kier alpha value is -4.72. The molecule has 21 saturated heterocycles. The van der Waals surface area contributed by atoms with Gasteiger partial charge >= 0.3 is 0 Å². The molecule has 21 heterocycles. The summed E-state index contributed by atoms with van der Waals surface area (Å²) in [4.78, 5) is -1.43. The Kier molecular flexibility index (Phi) is 31.5. The van der Waals surface area contributed by atoms with Crippen LogP contribution in [0.15, 0.2) is 68.1 Å². The number of ether oxygens (including phenoxy) is 14. The standard InChI is InChI=1S/C78H110O43S4/c1-28-13-32(5)68(33(6)14-28)122(96,97)104-24-43-64-50(85)57(92)75(111-43)116-62-41(22-80)108-72(54(89)47(62)82)115-61-40(21-79)109-73(55(90)48(61)83)119-65-44(25-105-123(98,99)69-34(7)15-29(2)16-35(69)8)113-77(59(94)52(65)87)121-67-46(27-107-125(102,103)71-38(11)19-31(4)20-39(71)12)114-78(60(95)53(67)88)120-66-45(26-106-124(100,101)70-36(9)17-30(3)18-37(70)10)112-76(58(93)51(66)86)117-63-42(23-81)110-74(118-64)56(91)49(63)84/h13-20,40-67,72-95H,21-27H2,1-12H3/t40-,41-,42-,43-,44-,45-,46-,47-,48-,49-,50-,51-,52-,53-,54-,55-,56-,57-,58-,59-,60-,61-,62-,63-,64-,65-,66-,67-,72-,73-,74-,75-,76-,77-,78-/m1/s1. The van der Waals surface area contributed by atoms with Crippen molar-refractivity contribution < 1.29 is 204 Å². The Balaban J connectivity index is 0.942. The Morgan fingerprint density at radius 3 is 0.480 bits per heavy atom. The fourth-order valence-electron chi connectivity index (χ4n) is 17.5. The first-order chi connectivity index (χ1) is 58.5. The lowest BCUT2D eigenvalue weighted by Gasteiger charge is -2.50. The summed E-state index contributed by atoms with van der Waals surface area (Å²) in [6, 6.07) is 12.1. The van der Waals surface area contributed by atoms with Gasteiger partial charge in [-0.2, -0.15) is 33.7 Å². The smallest absolute Gasteiger partial charge is 0.297 e. The van der Waals surface area contributed by atoms with Gasteiger partial charge in [0.25, 0.3) is 40.5 Å². The monoisotopic (exact) mass is 1860 g/mol. The molecule has 0 aromatic heterocycles. The van der Waals surface area contributed by atoms with Crippen LogP contribution in [0.1, 0.15) is 66.8 Å². The topological polar surface area (TPSA) is 647 Å². The van der Waals surface area contributed by atoms with Gasteiger partial charge in [-0.15, -0.1) is 0 Å². The predicted octanol–water partition coefficient (Wildman–Crippen LogP) is -5.88. The molecule has 17 N–H and O–H groups in total. The fourth-order valence-corrected chi connectivity index (χ4v) is 22.8. The average molecular weight is 1860 g/mol. The van der Waals surface area contributed by atoms with Gasteiger partial charge in [0, 0.05) is 0 Å². The zero-order chi connectivity index (χ0) is 91.8. The number of benzene rings is 4. The molecule has 21 aliphatic rings. The van der Waals surface area contributed by atoms with E-state index in [1.807, 2.05) is 0 Å². The summed E-state index contributed by atoms with van der Waals surface area (Å²) in [5, 5.41) is 203. The third kappa shape index (κ3) is 20.7. The minimum absolute atomic E-state index is 0.162. The maximum absolute atomic E-state index is 14.5. The van der Waals surface area contributed by atoms with Gasteiger partial charge in [-0.1, -0.05) is 70.8 Å². The number of rotatable bonds is 19. The van der Waals surface area contributed by atoms with Crippen molar-refractivity contribution in [2.24, 2.45) is 0 Å². The summed E-state index contributed by atoms with van der Waals surface area (Å²) in [7, 11) is -19.8. The third-order valence-corrected chi connectivity index (χ3v) is 29.4. The summed E-state index contributed by atoms with van der Waals surface area (Å²) in [6.07, 6.45) is -81.5. The lowest BCUT2D eigenvalue weighted by atomic mass is 9.95. The molecule has 21 aliphatic heterocycles. The number of hydrogen-bond acceptors (Lipinski definition) is 43. The van der Waals surface area contributed by atoms with Gasteiger partial charge in [-0.25, -0.2) is 0 Å². The first-order valence-corrected chi connectivity index (χ1v) is 45.6. The second-order valence-corrected chi connectivity index (χ2v) is 39.0. The highest BCUT2D eigenvalue weighted by molar-refractivity contribution is 7.87. The third-order valence-electron chi connectivity index (χ3n) is 23.0. The molecule has 47 heteroatoms. The molecule has 35 atom stereocenters. The van der Waals surface area contributed by atoms with Crippen molar-refractivity contribution in [3.05, 3.63) is 115 Å². The molecule has 21 fully saturated rings. The molecule has 0 radical (unpaired) electrons. The van der Waals surface area contributed by atoms with Gasteiger partial charge in [0.15, 0.2) is 44.0 Å². The van der Waals surface area contributed by atoms with Gasteiger partial charge < -0.3 is 153 Å². The lowest BCUT2D eigenvalue weighted by molar-refractivity contribution is -0.396. The highest BCUT2D eigenvalue weighted by Crippen LogP contribution is 2.42. The van der Waals surface area contributed by atoms with Gasteiger partial charge in [-0.05, 0) is 128 Å². The van der Waals surface area contributed by atoms with Gasteiger partial charge in [0.2, 0.25) is 0 Å². The molecule has 25 rings (SSSR count). The summed E-state index contributed by atoms with van der Waals surface area (Å²) in [6.45, 7) is 9.56.